The third kappa shape index (κ3) is 5.44. The highest BCUT2D eigenvalue weighted by Gasteiger charge is 2.24. The lowest BCUT2D eigenvalue weighted by atomic mass is 10.1. The second kappa shape index (κ2) is 7.55. The van der Waals surface area contributed by atoms with Gasteiger partial charge in [0.05, 0.1) is 0 Å². The van der Waals surface area contributed by atoms with E-state index >= 15 is 0 Å². The van der Waals surface area contributed by atoms with Gasteiger partial charge in [-0.15, -0.1) is 0 Å². The molecule has 1 saturated heterocycles. The van der Waals surface area contributed by atoms with Gasteiger partial charge in [0.2, 0.25) is 0 Å². The van der Waals surface area contributed by atoms with Crippen LogP contribution in [-0.4, -0.2) is 41.9 Å². The normalized spacial score (nSPS) is 15.9. The lowest BCUT2D eigenvalue weighted by molar-refractivity contribution is -0.139. The number of benzene rings is 1. The molecule has 1 aliphatic heterocycles. The minimum absolute atomic E-state index is 0.217. The summed E-state index contributed by atoms with van der Waals surface area (Å²) in [5.41, 5.74) is 1.36. The van der Waals surface area contributed by atoms with Crippen molar-refractivity contribution in [3.63, 3.8) is 0 Å². The maximum Gasteiger partial charge on any atom is 0.408 e. The molecule has 2 N–H and O–H groups in total. The third-order valence-corrected chi connectivity index (χ3v) is 3.84. The van der Waals surface area contributed by atoms with Gasteiger partial charge in [0.1, 0.15) is 11.6 Å². The quantitative estimate of drug-likeness (QED) is 0.865. The fourth-order valence-corrected chi connectivity index (χ4v) is 2.70. The van der Waals surface area contributed by atoms with Crippen LogP contribution in [0.5, 0.6) is 0 Å². The number of anilines is 1. The Hall–Kier alpha value is -2.24. The molecule has 0 bridgehead atoms. The molecule has 0 spiro atoms. The molecule has 24 heavy (non-hydrogen) atoms. The molecule has 6 heteroatoms. The Kier molecular flexibility index (Phi) is 5.70. The number of carbonyl (C=O) groups is 2. The Labute approximate surface area is 142 Å². The molecule has 0 aliphatic carbocycles. The number of amides is 1. The van der Waals surface area contributed by atoms with E-state index < -0.39 is 23.7 Å². The summed E-state index contributed by atoms with van der Waals surface area (Å²) in [6, 6.07) is 6.83. The smallest absolute Gasteiger partial charge is 0.408 e. The number of carboxylic acid groups (broad SMARTS) is 1. The van der Waals surface area contributed by atoms with Crippen molar-refractivity contribution in [2.24, 2.45) is 0 Å². The molecule has 1 fully saturated rings. The van der Waals surface area contributed by atoms with E-state index in [0.29, 0.717) is 0 Å². The van der Waals surface area contributed by atoms with Crippen LogP contribution in [0.3, 0.4) is 0 Å². The van der Waals surface area contributed by atoms with Gasteiger partial charge in [0.15, 0.2) is 0 Å². The van der Waals surface area contributed by atoms with Crippen LogP contribution in [0.2, 0.25) is 0 Å². The van der Waals surface area contributed by atoms with Crippen LogP contribution < -0.4 is 10.2 Å². The van der Waals surface area contributed by atoms with Gasteiger partial charge in [-0.3, -0.25) is 0 Å². The number of carbonyl (C=O) groups excluding carboxylic acids is 1. The Bertz CT molecular complexity index is 572. The molecule has 1 heterocycles. The minimum atomic E-state index is -1.08. The summed E-state index contributed by atoms with van der Waals surface area (Å²) in [5.74, 6) is -1.08. The molecule has 1 unspecified atom stereocenters. The first kappa shape index (κ1) is 18.1. The SMILES string of the molecule is CC(C)(C)OC(=O)NC(Cc1ccc(N2CCCC2)cc1)C(=O)O. The molecular weight excluding hydrogens is 308 g/mol. The number of nitrogens with zero attached hydrogens (tertiary/aromatic N) is 1. The van der Waals surface area contributed by atoms with Gasteiger partial charge in [0, 0.05) is 25.2 Å². The van der Waals surface area contributed by atoms with Crippen molar-refractivity contribution in [2.45, 2.75) is 51.7 Å². The van der Waals surface area contributed by atoms with Gasteiger partial charge >= 0.3 is 12.1 Å². The highest BCUT2D eigenvalue weighted by molar-refractivity contribution is 5.80. The Morgan fingerprint density at radius 3 is 2.29 bits per heavy atom. The van der Waals surface area contributed by atoms with Crippen LogP contribution in [0.4, 0.5) is 10.5 Å². The number of carboxylic acids is 1. The first-order chi connectivity index (χ1) is 11.2. The number of aliphatic carboxylic acids is 1. The average Bonchev–Trinajstić information content (AvgIpc) is 2.99. The fourth-order valence-electron chi connectivity index (χ4n) is 2.70. The Morgan fingerprint density at radius 2 is 1.79 bits per heavy atom. The molecule has 1 aromatic rings. The molecule has 2 rings (SSSR count). The Balaban J connectivity index is 1.97. The van der Waals surface area contributed by atoms with Gasteiger partial charge in [-0.25, -0.2) is 9.59 Å². The van der Waals surface area contributed by atoms with E-state index in [1.807, 2.05) is 24.3 Å². The number of ether oxygens (including phenoxy) is 1. The number of hydrogen-bond acceptors (Lipinski definition) is 4. The van der Waals surface area contributed by atoms with Gasteiger partial charge in [-0.1, -0.05) is 12.1 Å². The number of rotatable bonds is 5. The largest absolute Gasteiger partial charge is 0.480 e. The third-order valence-electron chi connectivity index (χ3n) is 3.84. The molecule has 0 aromatic heterocycles. The summed E-state index contributed by atoms with van der Waals surface area (Å²) in [4.78, 5) is 25.5. The second-order valence-electron chi connectivity index (χ2n) is 7.10. The van der Waals surface area contributed by atoms with E-state index in [1.54, 1.807) is 20.8 Å². The van der Waals surface area contributed by atoms with Crippen molar-refractivity contribution in [2.75, 3.05) is 18.0 Å². The minimum Gasteiger partial charge on any atom is -0.480 e. The summed E-state index contributed by atoms with van der Waals surface area (Å²) in [6.45, 7) is 7.34. The molecule has 1 amide bonds. The summed E-state index contributed by atoms with van der Waals surface area (Å²) in [5, 5.41) is 11.8. The molecule has 0 saturated carbocycles. The van der Waals surface area contributed by atoms with Gasteiger partial charge in [-0.05, 0) is 51.3 Å². The van der Waals surface area contributed by atoms with Crippen LogP contribution in [-0.2, 0) is 16.0 Å². The number of alkyl carbamates (subject to hydrolysis) is 1. The molecular formula is C18H26N2O4. The fraction of sp³-hybridized carbons (Fsp3) is 0.556. The molecule has 1 aliphatic rings. The lowest BCUT2D eigenvalue weighted by Crippen LogP contribution is -2.44. The molecule has 1 aromatic carbocycles. The standard InChI is InChI=1S/C18H26N2O4/c1-18(2,3)24-17(23)19-15(16(21)22)12-13-6-8-14(9-7-13)20-10-4-5-11-20/h6-9,15H,4-5,10-12H2,1-3H3,(H,19,23)(H,21,22). The summed E-state index contributed by atoms with van der Waals surface area (Å²) in [7, 11) is 0. The first-order valence-corrected chi connectivity index (χ1v) is 8.31. The van der Waals surface area contributed by atoms with Crippen molar-refractivity contribution < 1.29 is 19.4 Å². The van der Waals surface area contributed by atoms with E-state index in [9.17, 15) is 14.7 Å². The Morgan fingerprint density at radius 1 is 1.21 bits per heavy atom. The van der Waals surface area contributed by atoms with Crippen LogP contribution >= 0.6 is 0 Å². The van der Waals surface area contributed by atoms with Crippen molar-refractivity contribution in [1.82, 2.24) is 5.32 Å². The van der Waals surface area contributed by atoms with Crippen molar-refractivity contribution in [1.29, 1.82) is 0 Å². The summed E-state index contributed by atoms with van der Waals surface area (Å²) >= 11 is 0. The number of hydrogen-bond donors (Lipinski definition) is 2. The molecule has 132 valence electrons. The highest BCUT2D eigenvalue weighted by atomic mass is 16.6. The van der Waals surface area contributed by atoms with Crippen LogP contribution in [0.1, 0.15) is 39.2 Å². The maximum atomic E-state index is 11.8. The zero-order chi connectivity index (χ0) is 17.7. The highest BCUT2D eigenvalue weighted by Crippen LogP contribution is 2.21. The van der Waals surface area contributed by atoms with Gasteiger partial charge in [-0.2, -0.15) is 0 Å². The van der Waals surface area contributed by atoms with Gasteiger partial charge < -0.3 is 20.1 Å². The summed E-state index contributed by atoms with van der Waals surface area (Å²) < 4.78 is 5.12. The van der Waals surface area contributed by atoms with Crippen LogP contribution in [0, 0.1) is 0 Å². The predicted octanol–water partition coefficient (Wildman–Crippen LogP) is 2.81. The van der Waals surface area contributed by atoms with E-state index in [-0.39, 0.29) is 6.42 Å². The van der Waals surface area contributed by atoms with Crippen molar-refractivity contribution in [3.8, 4) is 0 Å². The van der Waals surface area contributed by atoms with E-state index in [1.165, 1.54) is 12.8 Å². The number of nitrogens with one attached hydrogen (secondary N) is 1. The average molecular weight is 334 g/mol. The zero-order valence-electron chi connectivity index (χ0n) is 14.5. The van der Waals surface area contributed by atoms with Crippen molar-refractivity contribution >= 4 is 17.7 Å². The van der Waals surface area contributed by atoms with Crippen LogP contribution in [0.25, 0.3) is 0 Å². The zero-order valence-corrected chi connectivity index (χ0v) is 14.5. The maximum absolute atomic E-state index is 11.8. The lowest BCUT2D eigenvalue weighted by Gasteiger charge is -2.22. The monoisotopic (exact) mass is 334 g/mol. The van der Waals surface area contributed by atoms with Crippen LogP contribution in [0.15, 0.2) is 24.3 Å². The van der Waals surface area contributed by atoms with Gasteiger partial charge in [0.25, 0.3) is 0 Å². The van der Waals surface area contributed by atoms with E-state index in [2.05, 4.69) is 10.2 Å². The first-order valence-electron chi connectivity index (χ1n) is 8.31. The van der Waals surface area contributed by atoms with E-state index in [4.69, 9.17) is 4.74 Å². The predicted molar refractivity (Wildman–Crippen MR) is 92.4 cm³/mol. The van der Waals surface area contributed by atoms with Crippen molar-refractivity contribution in [3.05, 3.63) is 29.8 Å². The molecule has 6 nitrogen and oxygen atoms in total. The molecule has 0 radical (unpaired) electrons. The molecule has 1 atom stereocenters. The second-order valence-corrected chi connectivity index (χ2v) is 7.10. The summed E-state index contributed by atoms with van der Waals surface area (Å²) in [6.07, 6.45) is 1.92. The van der Waals surface area contributed by atoms with E-state index in [0.717, 1.165) is 24.3 Å². The topological polar surface area (TPSA) is 78.9 Å².